The summed E-state index contributed by atoms with van der Waals surface area (Å²) in [5.74, 6) is 2.08. The Morgan fingerprint density at radius 2 is 1.38 bits per heavy atom. The number of imidazole rings is 2. The van der Waals surface area contributed by atoms with E-state index in [-0.39, 0.29) is 0 Å². The third kappa shape index (κ3) is 7.47. The Kier molecular flexibility index (Phi) is 9.58. The van der Waals surface area contributed by atoms with Gasteiger partial charge in [0.2, 0.25) is 11.9 Å². The Morgan fingerprint density at radius 1 is 0.700 bits per heavy atom. The fourth-order valence-electron chi connectivity index (χ4n) is 6.84. The van der Waals surface area contributed by atoms with Crippen LogP contribution < -0.4 is 10.6 Å². The number of aromatic nitrogens is 10. The minimum Gasteiger partial charge on any atom is -0.346 e. The van der Waals surface area contributed by atoms with E-state index in [1.807, 2.05) is 91.0 Å². The van der Waals surface area contributed by atoms with E-state index in [4.69, 9.17) is 15.2 Å². The van der Waals surface area contributed by atoms with Crippen molar-refractivity contribution in [2.75, 3.05) is 10.6 Å². The van der Waals surface area contributed by atoms with Crippen LogP contribution in [0, 0.1) is 18.3 Å². The summed E-state index contributed by atoms with van der Waals surface area (Å²) in [7, 11) is 0. The number of H-pyrrole nitrogens is 2. The van der Waals surface area contributed by atoms with Crippen LogP contribution in [-0.4, -0.2) is 49.0 Å². The van der Waals surface area contributed by atoms with Gasteiger partial charge in [0.05, 0.1) is 27.5 Å². The van der Waals surface area contributed by atoms with Crippen molar-refractivity contribution >= 4 is 78.1 Å². The monoisotopic (exact) mass is 819 g/mol. The highest BCUT2D eigenvalue weighted by atomic mass is 32.1. The number of anilines is 4. The van der Waals surface area contributed by atoms with Gasteiger partial charge in [0.1, 0.15) is 28.1 Å². The van der Waals surface area contributed by atoms with E-state index < -0.39 is 0 Å². The molecule has 8 aromatic heterocycles. The van der Waals surface area contributed by atoms with E-state index in [0.717, 1.165) is 72.6 Å². The summed E-state index contributed by atoms with van der Waals surface area (Å²) in [6, 6.07) is 36.8. The van der Waals surface area contributed by atoms with Crippen LogP contribution in [-0.2, 0) is 6.54 Å². The molecule has 0 radical (unpaired) electrons. The number of hydrogen-bond donors (Lipinski definition) is 4. The lowest BCUT2D eigenvalue weighted by Gasteiger charge is -2.09. The highest BCUT2D eigenvalue weighted by Crippen LogP contribution is 2.37. The molecule has 11 rings (SSSR count). The number of thiophene rings is 2. The molecule has 0 aliphatic rings. The molecule has 0 atom stereocenters. The van der Waals surface area contributed by atoms with E-state index in [2.05, 4.69) is 106 Å². The molecule has 290 valence electrons. The van der Waals surface area contributed by atoms with Crippen molar-refractivity contribution in [3.63, 3.8) is 0 Å². The molecule has 0 spiro atoms. The van der Waals surface area contributed by atoms with Crippen LogP contribution in [0.5, 0.6) is 0 Å². The first-order chi connectivity index (χ1) is 29.5. The number of nitriles is 1. The molecule has 60 heavy (non-hydrogen) atoms. The van der Waals surface area contributed by atoms with E-state index >= 15 is 0 Å². The second-order valence-corrected chi connectivity index (χ2v) is 15.9. The Balaban J connectivity index is 0.000000146. The maximum Gasteiger partial charge on any atom is 0.229 e. The zero-order valence-electron chi connectivity index (χ0n) is 31.9. The number of fused-ring (bicyclic) bond motifs is 3. The summed E-state index contributed by atoms with van der Waals surface area (Å²) in [4.78, 5) is 36.3. The summed E-state index contributed by atoms with van der Waals surface area (Å²) in [6.45, 7) is 2.81. The lowest BCUT2D eigenvalue weighted by atomic mass is 10.2. The van der Waals surface area contributed by atoms with Crippen LogP contribution in [0.1, 0.15) is 16.3 Å². The third-order valence-corrected chi connectivity index (χ3v) is 12.0. The Bertz CT molecular complexity index is 3240. The molecule has 0 saturated carbocycles. The standard InChI is InChI=1S/C25H20N6S.C20H13N7S/c1-16-26-12-13-31(16)15-17-6-8-19(9-7-17)28-25-29-23(20-10-11-27-24(20)30-25)22-14-18-4-2-3-5-21(18)32-22;21-11-15-5-6-17(28-15)18-16-7-8-23-19(16)26-20(25-18)24-13-1-3-14(4-2-13)27-10-9-22-12-27/h2-14H,15H2,1H3,(H2,27,28,29,30);1-10,12H,(H2,23,24,25,26). The normalized spacial score (nSPS) is 11.1. The average Bonchev–Trinajstić information content (AvgIpc) is 4.13. The maximum atomic E-state index is 9.11. The Labute approximate surface area is 350 Å². The number of aryl methyl sites for hydroxylation is 1. The highest BCUT2D eigenvalue weighted by molar-refractivity contribution is 7.22. The van der Waals surface area contributed by atoms with Crippen molar-refractivity contribution < 1.29 is 0 Å². The van der Waals surface area contributed by atoms with Crippen LogP contribution in [0.2, 0.25) is 0 Å². The van der Waals surface area contributed by atoms with Gasteiger partial charge in [-0.05, 0) is 90.7 Å². The predicted molar refractivity (Wildman–Crippen MR) is 239 cm³/mol. The summed E-state index contributed by atoms with van der Waals surface area (Å²) >= 11 is 3.17. The van der Waals surface area contributed by atoms with Gasteiger partial charge in [0.15, 0.2) is 0 Å². The van der Waals surface area contributed by atoms with E-state index in [9.17, 15) is 0 Å². The molecule has 13 nitrogen and oxygen atoms in total. The molecule has 0 saturated heterocycles. The first-order valence-electron chi connectivity index (χ1n) is 18.9. The number of benzene rings is 3. The molecule has 11 aromatic rings. The quantitative estimate of drug-likeness (QED) is 0.111. The number of nitrogens with one attached hydrogen (secondary N) is 4. The van der Waals surface area contributed by atoms with E-state index in [1.165, 1.54) is 27.0 Å². The van der Waals surface area contributed by atoms with Crippen molar-refractivity contribution in [1.82, 2.24) is 49.0 Å². The fourth-order valence-corrected chi connectivity index (χ4v) is 8.72. The molecule has 0 aliphatic heterocycles. The first kappa shape index (κ1) is 36.4. The zero-order valence-corrected chi connectivity index (χ0v) is 33.5. The third-order valence-electron chi connectivity index (χ3n) is 9.85. The highest BCUT2D eigenvalue weighted by Gasteiger charge is 2.15. The summed E-state index contributed by atoms with van der Waals surface area (Å²) in [5.41, 5.74) is 7.36. The molecule has 0 aliphatic carbocycles. The molecule has 0 fully saturated rings. The van der Waals surface area contributed by atoms with Crippen LogP contribution in [0.4, 0.5) is 23.3 Å². The van der Waals surface area contributed by atoms with Gasteiger partial charge in [-0.25, -0.2) is 19.9 Å². The molecule has 0 bridgehead atoms. The number of hydrogen-bond acceptors (Lipinski definition) is 11. The van der Waals surface area contributed by atoms with E-state index in [1.54, 1.807) is 23.9 Å². The van der Waals surface area contributed by atoms with Crippen LogP contribution in [0.3, 0.4) is 0 Å². The molecule has 4 N–H and O–H groups in total. The topological polar surface area (TPSA) is 167 Å². The molecule has 3 aromatic carbocycles. The van der Waals surface area contributed by atoms with Gasteiger partial charge in [0, 0.05) is 76.3 Å². The molecular weight excluding hydrogens is 787 g/mol. The van der Waals surface area contributed by atoms with Gasteiger partial charge < -0.3 is 29.7 Å². The van der Waals surface area contributed by atoms with E-state index in [0.29, 0.717) is 16.8 Å². The molecule has 0 unspecified atom stereocenters. The fraction of sp³-hybridized carbons (Fsp3) is 0.0444. The lowest BCUT2D eigenvalue weighted by molar-refractivity contribution is 0.762. The van der Waals surface area contributed by atoms with Gasteiger partial charge in [0.25, 0.3) is 0 Å². The molecule has 15 heteroatoms. The van der Waals surface area contributed by atoms with Crippen LogP contribution >= 0.6 is 22.7 Å². The molecule has 8 heterocycles. The van der Waals surface area contributed by atoms with Crippen molar-refractivity contribution in [2.24, 2.45) is 0 Å². The van der Waals surface area contributed by atoms with Crippen LogP contribution in [0.15, 0.2) is 147 Å². The lowest BCUT2D eigenvalue weighted by Crippen LogP contribution is -2.02. The van der Waals surface area contributed by atoms with Crippen LogP contribution in [0.25, 0.3) is 59.0 Å². The Morgan fingerprint density at radius 3 is 2.00 bits per heavy atom. The van der Waals surface area contributed by atoms with Crippen molar-refractivity contribution in [3.8, 4) is 32.9 Å². The predicted octanol–water partition coefficient (Wildman–Crippen LogP) is 10.6. The molecule has 0 amide bonds. The minimum absolute atomic E-state index is 0.493. The minimum atomic E-state index is 0.493. The summed E-state index contributed by atoms with van der Waals surface area (Å²) < 4.78 is 5.32. The van der Waals surface area contributed by atoms with Gasteiger partial charge in [-0.3, -0.25) is 0 Å². The number of rotatable bonds is 9. The summed E-state index contributed by atoms with van der Waals surface area (Å²) in [5, 5.41) is 18.9. The average molecular weight is 820 g/mol. The van der Waals surface area contributed by atoms with Gasteiger partial charge >= 0.3 is 0 Å². The Hall–Kier alpha value is -7.93. The van der Waals surface area contributed by atoms with Gasteiger partial charge in [-0.1, -0.05) is 30.3 Å². The first-order valence-corrected chi connectivity index (χ1v) is 20.5. The van der Waals surface area contributed by atoms with Gasteiger partial charge in [-0.2, -0.15) is 15.2 Å². The second kappa shape index (κ2) is 15.8. The van der Waals surface area contributed by atoms with Crippen molar-refractivity contribution in [3.05, 3.63) is 163 Å². The van der Waals surface area contributed by atoms with Gasteiger partial charge in [-0.15, -0.1) is 22.7 Å². The number of nitrogens with zero attached hydrogens (tertiary/aromatic N) is 9. The molecular formula is C45H33N13S2. The second-order valence-electron chi connectivity index (χ2n) is 13.8. The zero-order chi connectivity index (χ0) is 40.4. The largest absolute Gasteiger partial charge is 0.346 e. The number of aromatic amines is 2. The smallest absolute Gasteiger partial charge is 0.229 e. The SMILES string of the molecule is Cc1nccn1Cc1ccc(Nc2nc(-c3cc4ccccc4s3)c3cc[nH]c3n2)cc1.N#Cc1ccc(-c2nc(Nc3ccc(-n4ccnc4)cc3)nc3[nH]ccc23)s1. The van der Waals surface area contributed by atoms with Crippen molar-refractivity contribution in [1.29, 1.82) is 5.26 Å². The maximum absolute atomic E-state index is 9.11. The summed E-state index contributed by atoms with van der Waals surface area (Å²) in [6.07, 6.45) is 13.0. The van der Waals surface area contributed by atoms with Crippen molar-refractivity contribution in [2.45, 2.75) is 13.5 Å².